The fraction of sp³-hybridized carbons (Fsp3) is 0.444. The van der Waals surface area contributed by atoms with Gasteiger partial charge in [-0.2, -0.15) is 0 Å². The Morgan fingerprint density at radius 1 is 1.25 bits per heavy atom. The fourth-order valence-corrected chi connectivity index (χ4v) is 3.84. The van der Waals surface area contributed by atoms with Gasteiger partial charge in [-0.3, -0.25) is 14.2 Å². The molecule has 1 amide bonds. The molecular formula is C18H23N3O2S. The predicted octanol–water partition coefficient (Wildman–Crippen LogP) is 2.48. The van der Waals surface area contributed by atoms with Crippen molar-refractivity contribution in [1.29, 1.82) is 0 Å². The van der Waals surface area contributed by atoms with E-state index in [1.165, 1.54) is 23.1 Å². The zero-order chi connectivity index (χ0) is 17.1. The number of thiazole rings is 1. The molecule has 128 valence electrons. The second kappa shape index (κ2) is 7.21. The largest absolute Gasteiger partial charge is 0.371 e. The lowest BCUT2D eigenvalue weighted by atomic mass is 10.1. The first-order chi connectivity index (χ1) is 11.6. The molecule has 1 saturated heterocycles. The van der Waals surface area contributed by atoms with Crippen LogP contribution in [-0.4, -0.2) is 35.5 Å². The van der Waals surface area contributed by atoms with E-state index in [1.807, 2.05) is 19.1 Å². The van der Waals surface area contributed by atoms with Crippen molar-refractivity contribution < 1.29 is 4.79 Å². The third kappa shape index (κ3) is 3.53. The number of para-hydroxylation sites is 1. The molecule has 0 N–H and O–H groups in total. The van der Waals surface area contributed by atoms with Gasteiger partial charge in [0.1, 0.15) is 6.54 Å². The van der Waals surface area contributed by atoms with Gasteiger partial charge in [-0.25, -0.2) is 0 Å². The topological polar surface area (TPSA) is 45.6 Å². The van der Waals surface area contributed by atoms with Crippen LogP contribution in [0.15, 0.2) is 34.4 Å². The van der Waals surface area contributed by atoms with Gasteiger partial charge in [0.25, 0.3) is 0 Å². The van der Waals surface area contributed by atoms with E-state index in [4.69, 9.17) is 0 Å². The normalized spacial score (nSPS) is 14.2. The average molecular weight is 345 g/mol. The zero-order valence-corrected chi connectivity index (χ0v) is 15.0. The van der Waals surface area contributed by atoms with E-state index in [9.17, 15) is 9.59 Å². The lowest BCUT2D eigenvalue weighted by Crippen LogP contribution is -2.33. The molecule has 0 unspecified atom stereocenters. The molecule has 1 aromatic carbocycles. The molecule has 0 bridgehead atoms. The van der Waals surface area contributed by atoms with Crippen molar-refractivity contribution in [2.24, 2.45) is 0 Å². The number of nitrogens with zero attached hydrogens (tertiary/aromatic N) is 3. The second-order valence-corrected chi connectivity index (χ2v) is 7.12. The summed E-state index contributed by atoms with van der Waals surface area (Å²) in [4.78, 5) is 28.3. The molecule has 6 heteroatoms. The number of carbonyl (C=O) groups is 1. The molecule has 24 heavy (non-hydrogen) atoms. The van der Waals surface area contributed by atoms with E-state index >= 15 is 0 Å². The van der Waals surface area contributed by atoms with Crippen LogP contribution < -0.4 is 9.77 Å². The fourth-order valence-electron chi connectivity index (χ4n) is 3.11. The van der Waals surface area contributed by atoms with Gasteiger partial charge < -0.3 is 9.80 Å². The molecular weight excluding hydrogens is 322 g/mol. The smallest absolute Gasteiger partial charge is 0.307 e. The summed E-state index contributed by atoms with van der Waals surface area (Å²) in [5.41, 5.74) is 3.22. The number of aryl methyl sites for hydroxylation is 1. The molecule has 0 aliphatic carbocycles. The summed E-state index contributed by atoms with van der Waals surface area (Å²) in [7, 11) is 1.80. The molecule has 5 nitrogen and oxygen atoms in total. The molecule has 0 saturated carbocycles. The van der Waals surface area contributed by atoms with Crippen LogP contribution in [0.25, 0.3) is 0 Å². The average Bonchev–Trinajstić information content (AvgIpc) is 3.21. The minimum atomic E-state index is -0.0771. The van der Waals surface area contributed by atoms with Crippen LogP contribution in [0.5, 0.6) is 0 Å². The van der Waals surface area contributed by atoms with Crippen LogP contribution in [0.1, 0.15) is 24.1 Å². The predicted molar refractivity (Wildman–Crippen MR) is 97.7 cm³/mol. The van der Waals surface area contributed by atoms with Crippen molar-refractivity contribution in [3.63, 3.8) is 0 Å². The number of hydrogen-bond donors (Lipinski definition) is 0. The zero-order valence-electron chi connectivity index (χ0n) is 14.2. The highest BCUT2D eigenvalue weighted by Gasteiger charge is 2.18. The van der Waals surface area contributed by atoms with Crippen molar-refractivity contribution >= 4 is 22.9 Å². The Kier molecular flexibility index (Phi) is 5.04. The highest BCUT2D eigenvalue weighted by Crippen LogP contribution is 2.25. The lowest BCUT2D eigenvalue weighted by Gasteiger charge is -2.24. The molecule has 0 radical (unpaired) electrons. The van der Waals surface area contributed by atoms with Crippen molar-refractivity contribution in [3.8, 4) is 0 Å². The van der Waals surface area contributed by atoms with Gasteiger partial charge in [0.15, 0.2) is 0 Å². The maximum Gasteiger partial charge on any atom is 0.307 e. The molecule has 1 fully saturated rings. The number of rotatable bonds is 5. The van der Waals surface area contributed by atoms with Crippen molar-refractivity contribution in [2.75, 3.05) is 25.0 Å². The molecule has 2 aromatic rings. The molecule has 0 atom stereocenters. The Labute approximate surface area is 146 Å². The number of aromatic nitrogens is 1. The number of carbonyl (C=O) groups excluding carboxylic acids is 1. The van der Waals surface area contributed by atoms with Gasteiger partial charge in [-0.05, 0) is 31.4 Å². The molecule has 1 aromatic heterocycles. The van der Waals surface area contributed by atoms with E-state index < -0.39 is 0 Å². The van der Waals surface area contributed by atoms with Crippen LogP contribution in [0.3, 0.4) is 0 Å². The minimum absolute atomic E-state index is 0.0465. The first-order valence-corrected chi connectivity index (χ1v) is 9.16. The Morgan fingerprint density at radius 2 is 1.96 bits per heavy atom. The lowest BCUT2D eigenvalue weighted by molar-refractivity contribution is -0.131. The Hall–Kier alpha value is -2.08. The van der Waals surface area contributed by atoms with Gasteiger partial charge in [0, 0.05) is 43.4 Å². The summed E-state index contributed by atoms with van der Waals surface area (Å²) in [6.45, 7) is 4.68. The van der Waals surface area contributed by atoms with E-state index in [2.05, 4.69) is 17.0 Å². The van der Waals surface area contributed by atoms with E-state index in [0.717, 1.165) is 35.7 Å². The summed E-state index contributed by atoms with van der Waals surface area (Å²) >= 11 is 1.14. The highest BCUT2D eigenvalue weighted by molar-refractivity contribution is 7.07. The number of likely N-dealkylation sites (N-methyl/N-ethyl adjacent to an activating group) is 1. The van der Waals surface area contributed by atoms with Gasteiger partial charge in [0.05, 0.1) is 0 Å². The minimum Gasteiger partial charge on any atom is -0.371 e. The molecule has 1 aliphatic rings. The number of hydrogen-bond acceptors (Lipinski definition) is 4. The summed E-state index contributed by atoms with van der Waals surface area (Å²) in [6, 6.07) is 8.28. The van der Waals surface area contributed by atoms with E-state index in [1.54, 1.807) is 17.3 Å². The van der Waals surface area contributed by atoms with Crippen LogP contribution >= 0.6 is 11.3 Å². The summed E-state index contributed by atoms with van der Waals surface area (Å²) in [6.07, 6.45) is 2.45. The molecule has 2 heterocycles. The third-order valence-electron chi connectivity index (χ3n) is 4.54. The second-order valence-electron chi connectivity index (χ2n) is 6.30. The van der Waals surface area contributed by atoms with Gasteiger partial charge in [-0.1, -0.05) is 29.5 Å². The third-order valence-corrected chi connectivity index (χ3v) is 5.42. The molecule has 0 spiro atoms. The first-order valence-electron chi connectivity index (χ1n) is 8.28. The monoisotopic (exact) mass is 345 g/mol. The van der Waals surface area contributed by atoms with Crippen molar-refractivity contribution in [1.82, 2.24) is 9.47 Å². The van der Waals surface area contributed by atoms with Crippen molar-refractivity contribution in [2.45, 2.75) is 32.9 Å². The van der Waals surface area contributed by atoms with E-state index in [0.29, 0.717) is 6.54 Å². The highest BCUT2D eigenvalue weighted by atomic mass is 32.1. The summed E-state index contributed by atoms with van der Waals surface area (Å²) in [5.74, 6) is -0.0465. The van der Waals surface area contributed by atoms with E-state index in [-0.39, 0.29) is 17.3 Å². The van der Waals surface area contributed by atoms with Crippen molar-refractivity contribution in [3.05, 3.63) is 50.6 Å². The van der Waals surface area contributed by atoms with Crippen LogP contribution in [0.4, 0.5) is 5.69 Å². The maximum atomic E-state index is 12.5. The van der Waals surface area contributed by atoms with Gasteiger partial charge >= 0.3 is 4.87 Å². The van der Waals surface area contributed by atoms with Gasteiger partial charge in [-0.15, -0.1) is 0 Å². The quantitative estimate of drug-likeness (QED) is 0.836. The summed E-state index contributed by atoms with van der Waals surface area (Å²) in [5, 5.41) is 1.79. The number of amides is 1. The van der Waals surface area contributed by atoms with Crippen LogP contribution in [0, 0.1) is 6.92 Å². The Bertz CT molecular complexity index is 775. The van der Waals surface area contributed by atoms with Crippen LogP contribution in [0.2, 0.25) is 0 Å². The number of anilines is 1. The SMILES string of the molecule is Cc1csc(=O)n1CC(=O)N(C)Cc1ccccc1N1CCCC1. The maximum absolute atomic E-state index is 12.5. The van der Waals surface area contributed by atoms with Gasteiger partial charge in [0.2, 0.25) is 5.91 Å². The van der Waals surface area contributed by atoms with Crippen LogP contribution in [-0.2, 0) is 17.9 Å². The first kappa shape index (κ1) is 16.8. The molecule has 1 aliphatic heterocycles. The summed E-state index contributed by atoms with van der Waals surface area (Å²) < 4.78 is 1.54. The standard InChI is InChI=1S/C18H23N3O2S/c1-14-13-24-18(23)21(14)12-17(22)19(2)11-15-7-3-4-8-16(15)20-9-5-6-10-20/h3-4,7-8,13H,5-6,9-12H2,1-2H3. The Balaban J connectivity index is 1.71. The Morgan fingerprint density at radius 3 is 2.62 bits per heavy atom. The number of benzene rings is 1. The molecule has 3 rings (SSSR count).